The maximum Gasteiger partial charge on any atom is 0.233 e. The Bertz CT molecular complexity index is 535. The maximum absolute atomic E-state index is 12.2. The average Bonchev–Trinajstić information content (AvgIpc) is 2.43. The highest BCUT2D eigenvalue weighted by Crippen LogP contribution is 2.42. The first-order valence-electron chi connectivity index (χ1n) is 5.99. The van der Waals surface area contributed by atoms with Crippen LogP contribution in [0.2, 0.25) is 0 Å². The van der Waals surface area contributed by atoms with Crippen molar-refractivity contribution in [2.75, 3.05) is 11.9 Å². The molecule has 1 aliphatic rings. The van der Waals surface area contributed by atoms with E-state index < -0.39 is 5.41 Å². The summed E-state index contributed by atoms with van der Waals surface area (Å²) in [5.41, 5.74) is 3.51. The smallest absolute Gasteiger partial charge is 0.233 e. The van der Waals surface area contributed by atoms with Crippen LogP contribution in [0.4, 0.5) is 5.69 Å². The van der Waals surface area contributed by atoms with Gasteiger partial charge in [0.15, 0.2) is 0 Å². The fourth-order valence-corrected chi connectivity index (χ4v) is 2.50. The van der Waals surface area contributed by atoms with Crippen LogP contribution < -0.4 is 10.1 Å². The molecule has 1 N–H and O–H groups in total. The molecule has 0 unspecified atom stereocenters. The summed E-state index contributed by atoms with van der Waals surface area (Å²) in [6.07, 6.45) is 0. The first-order chi connectivity index (χ1) is 8.25. The van der Waals surface area contributed by atoms with Crippen LogP contribution in [0.15, 0.2) is 4.47 Å². The standard InChI is InChI=1S/C14H18BrNO2/c1-7-8(2)11-12(9(3)10(7)15)18-6-14(4,5)13(17)16-11/h6H2,1-5H3,(H,16,17). The van der Waals surface area contributed by atoms with Gasteiger partial charge in [0.25, 0.3) is 0 Å². The van der Waals surface area contributed by atoms with Crippen molar-refractivity contribution in [3.63, 3.8) is 0 Å². The molecule has 98 valence electrons. The third kappa shape index (κ3) is 1.92. The van der Waals surface area contributed by atoms with E-state index in [4.69, 9.17) is 4.74 Å². The molecule has 1 aromatic rings. The summed E-state index contributed by atoms with van der Waals surface area (Å²) in [5, 5.41) is 3.01. The Morgan fingerprint density at radius 3 is 2.39 bits per heavy atom. The lowest BCUT2D eigenvalue weighted by atomic mass is 9.94. The molecule has 0 fully saturated rings. The van der Waals surface area contributed by atoms with Gasteiger partial charge in [-0.05, 0) is 45.7 Å². The van der Waals surface area contributed by atoms with Gasteiger partial charge in [-0.1, -0.05) is 15.9 Å². The van der Waals surface area contributed by atoms with Crippen LogP contribution in [0.25, 0.3) is 0 Å². The Morgan fingerprint density at radius 2 is 1.78 bits per heavy atom. The second kappa shape index (κ2) is 4.26. The van der Waals surface area contributed by atoms with Gasteiger partial charge in [0.1, 0.15) is 12.4 Å². The van der Waals surface area contributed by atoms with Crippen LogP contribution in [-0.4, -0.2) is 12.5 Å². The minimum absolute atomic E-state index is 0.00507. The third-order valence-corrected chi connectivity index (χ3v) is 4.78. The minimum Gasteiger partial charge on any atom is -0.490 e. The van der Waals surface area contributed by atoms with Gasteiger partial charge in [0.2, 0.25) is 5.91 Å². The van der Waals surface area contributed by atoms with Gasteiger partial charge in [0, 0.05) is 10.0 Å². The molecule has 1 amide bonds. The molecule has 0 bridgehead atoms. The van der Waals surface area contributed by atoms with E-state index in [1.54, 1.807) is 0 Å². The number of amides is 1. The Balaban J connectivity index is 2.65. The first-order valence-corrected chi connectivity index (χ1v) is 6.78. The number of halogens is 1. The van der Waals surface area contributed by atoms with E-state index in [1.807, 2.05) is 34.6 Å². The lowest BCUT2D eigenvalue weighted by molar-refractivity contribution is -0.124. The van der Waals surface area contributed by atoms with Crippen molar-refractivity contribution in [1.82, 2.24) is 0 Å². The molecule has 1 heterocycles. The van der Waals surface area contributed by atoms with E-state index in [-0.39, 0.29) is 5.91 Å². The van der Waals surface area contributed by atoms with Gasteiger partial charge < -0.3 is 10.1 Å². The van der Waals surface area contributed by atoms with E-state index in [1.165, 1.54) is 0 Å². The quantitative estimate of drug-likeness (QED) is 0.792. The number of rotatable bonds is 0. The number of benzene rings is 1. The van der Waals surface area contributed by atoms with Gasteiger partial charge in [-0.3, -0.25) is 4.79 Å². The molecule has 0 aliphatic carbocycles. The number of anilines is 1. The van der Waals surface area contributed by atoms with Crippen molar-refractivity contribution in [1.29, 1.82) is 0 Å². The van der Waals surface area contributed by atoms with Gasteiger partial charge in [-0.15, -0.1) is 0 Å². The van der Waals surface area contributed by atoms with Crippen molar-refractivity contribution in [2.24, 2.45) is 5.41 Å². The van der Waals surface area contributed by atoms with Crippen molar-refractivity contribution in [3.8, 4) is 5.75 Å². The van der Waals surface area contributed by atoms with Crippen molar-refractivity contribution in [3.05, 3.63) is 21.2 Å². The molecule has 4 heteroatoms. The molecule has 3 nitrogen and oxygen atoms in total. The monoisotopic (exact) mass is 311 g/mol. The summed E-state index contributed by atoms with van der Waals surface area (Å²) < 4.78 is 6.92. The summed E-state index contributed by atoms with van der Waals surface area (Å²) in [5.74, 6) is 0.786. The number of carbonyl (C=O) groups excluding carboxylic acids is 1. The molecule has 0 radical (unpaired) electrons. The molecular formula is C14H18BrNO2. The van der Waals surface area contributed by atoms with Gasteiger partial charge >= 0.3 is 0 Å². The van der Waals surface area contributed by atoms with E-state index in [0.29, 0.717) is 6.61 Å². The van der Waals surface area contributed by atoms with Crippen molar-refractivity contribution < 1.29 is 9.53 Å². The van der Waals surface area contributed by atoms with Gasteiger partial charge in [0.05, 0.1) is 11.1 Å². The van der Waals surface area contributed by atoms with E-state index in [9.17, 15) is 4.79 Å². The molecule has 2 rings (SSSR count). The summed E-state index contributed by atoms with van der Waals surface area (Å²) in [6, 6.07) is 0. The summed E-state index contributed by atoms with van der Waals surface area (Å²) in [6.45, 7) is 10.2. The highest BCUT2D eigenvalue weighted by molar-refractivity contribution is 9.10. The fraction of sp³-hybridized carbons (Fsp3) is 0.500. The number of hydrogen-bond donors (Lipinski definition) is 1. The number of fused-ring (bicyclic) bond motifs is 1. The van der Waals surface area contributed by atoms with Crippen LogP contribution in [0.3, 0.4) is 0 Å². The molecule has 18 heavy (non-hydrogen) atoms. The van der Waals surface area contributed by atoms with Crippen LogP contribution in [0.1, 0.15) is 30.5 Å². The fourth-order valence-electron chi connectivity index (χ4n) is 2.02. The Kier molecular flexibility index (Phi) is 3.18. The van der Waals surface area contributed by atoms with Crippen LogP contribution in [0, 0.1) is 26.2 Å². The number of hydrogen-bond acceptors (Lipinski definition) is 2. The van der Waals surface area contributed by atoms with E-state index in [0.717, 1.165) is 32.6 Å². The van der Waals surface area contributed by atoms with Crippen molar-refractivity contribution >= 4 is 27.5 Å². The SMILES string of the molecule is Cc1c(C)c2c(c(C)c1Br)OCC(C)(C)C(=O)N2. The van der Waals surface area contributed by atoms with Gasteiger partial charge in [-0.25, -0.2) is 0 Å². The Hall–Kier alpha value is -1.03. The maximum atomic E-state index is 12.2. The number of ether oxygens (including phenoxy) is 1. The van der Waals surface area contributed by atoms with E-state index in [2.05, 4.69) is 21.2 Å². The van der Waals surface area contributed by atoms with Crippen molar-refractivity contribution in [2.45, 2.75) is 34.6 Å². The highest BCUT2D eigenvalue weighted by atomic mass is 79.9. The zero-order valence-corrected chi connectivity index (χ0v) is 13.0. The topological polar surface area (TPSA) is 38.3 Å². The molecule has 0 spiro atoms. The second-order valence-corrected chi connectivity index (χ2v) is 6.31. The lowest BCUT2D eigenvalue weighted by Crippen LogP contribution is -2.33. The molecule has 1 aliphatic heterocycles. The number of carbonyl (C=O) groups is 1. The molecule has 0 saturated heterocycles. The Morgan fingerprint density at radius 1 is 1.17 bits per heavy atom. The molecule has 0 atom stereocenters. The average molecular weight is 312 g/mol. The third-order valence-electron chi connectivity index (χ3n) is 3.59. The second-order valence-electron chi connectivity index (χ2n) is 5.52. The molecule has 0 saturated carbocycles. The van der Waals surface area contributed by atoms with Crippen LogP contribution in [0.5, 0.6) is 5.75 Å². The first kappa shape index (κ1) is 13.4. The summed E-state index contributed by atoms with van der Waals surface area (Å²) >= 11 is 3.59. The normalized spacial score (nSPS) is 17.6. The predicted molar refractivity (Wildman–Crippen MR) is 76.3 cm³/mol. The van der Waals surface area contributed by atoms with Crippen LogP contribution >= 0.6 is 15.9 Å². The lowest BCUT2D eigenvalue weighted by Gasteiger charge is -2.18. The van der Waals surface area contributed by atoms with Gasteiger partial charge in [-0.2, -0.15) is 0 Å². The number of nitrogens with one attached hydrogen (secondary N) is 1. The van der Waals surface area contributed by atoms with Crippen LogP contribution in [-0.2, 0) is 4.79 Å². The highest BCUT2D eigenvalue weighted by Gasteiger charge is 2.34. The minimum atomic E-state index is -0.516. The molecular weight excluding hydrogens is 294 g/mol. The Labute approximate surface area is 116 Å². The largest absolute Gasteiger partial charge is 0.490 e. The zero-order chi connectivity index (χ0) is 13.7. The molecule has 1 aromatic carbocycles. The summed E-state index contributed by atoms with van der Waals surface area (Å²) in [7, 11) is 0. The van der Waals surface area contributed by atoms with E-state index >= 15 is 0 Å². The summed E-state index contributed by atoms with van der Waals surface area (Å²) in [4.78, 5) is 12.2. The zero-order valence-electron chi connectivity index (χ0n) is 11.4. The predicted octanol–water partition coefficient (Wildman–Crippen LogP) is 3.73. The molecule has 0 aromatic heterocycles.